The minimum Gasteiger partial charge on any atom is -0.497 e. The molecule has 7 heteroatoms. The van der Waals surface area contributed by atoms with Crippen molar-refractivity contribution in [1.82, 2.24) is 9.55 Å². The summed E-state index contributed by atoms with van der Waals surface area (Å²) in [4.78, 5) is 17.9. The topological polar surface area (TPSA) is 91.4 Å². The molecule has 4 aromatic rings. The summed E-state index contributed by atoms with van der Waals surface area (Å²) >= 11 is 0. The van der Waals surface area contributed by atoms with Gasteiger partial charge in [0.15, 0.2) is 0 Å². The second kappa shape index (κ2) is 8.02. The standard InChI is InChI=1S/C24H24N4O3/c1-14-22-16(13-26-23(14)27-21-8-6-5-7-20(21)25)11-19(24(29)28(22)2)15-9-17(30-3)12-18(10-15)31-4/h5-13H,25H2,1-4H3,(H,26,27). The van der Waals surface area contributed by atoms with E-state index >= 15 is 0 Å². The molecule has 0 spiro atoms. The molecule has 0 saturated heterocycles. The number of nitrogens with zero attached hydrogens (tertiary/aromatic N) is 2. The van der Waals surface area contributed by atoms with Crippen LogP contribution in [0.1, 0.15) is 5.56 Å². The molecule has 0 atom stereocenters. The normalized spacial score (nSPS) is 10.8. The van der Waals surface area contributed by atoms with Crippen LogP contribution in [0.5, 0.6) is 11.5 Å². The summed E-state index contributed by atoms with van der Waals surface area (Å²) in [7, 11) is 4.93. The van der Waals surface area contributed by atoms with E-state index in [0.29, 0.717) is 28.6 Å². The number of hydrogen-bond donors (Lipinski definition) is 2. The lowest BCUT2D eigenvalue weighted by molar-refractivity contribution is 0.394. The van der Waals surface area contributed by atoms with E-state index in [4.69, 9.17) is 15.2 Å². The van der Waals surface area contributed by atoms with Gasteiger partial charge in [0.1, 0.15) is 17.3 Å². The van der Waals surface area contributed by atoms with Gasteiger partial charge in [0.05, 0.1) is 31.1 Å². The number of nitrogens with one attached hydrogen (secondary N) is 1. The van der Waals surface area contributed by atoms with E-state index < -0.39 is 0 Å². The average molecular weight is 416 g/mol. The molecule has 0 unspecified atom stereocenters. The molecular formula is C24H24N4O3. The third kappa shape index (κ3) is 3.66. The molecule has 7 nitrogen and oxygen atoms in total. The highest BCUT2D eigenvalue weighted by molar-refractivity contribution is 5.89. The molecule has 0 aliphatic rings. The fourth-order valence-corrected chi connectivity index (χ4v) is 3.71. The molecule has 0 fully saturated rings. The SMILES string of the molecule is COc1cc(OC)cc(-c2cc3cnc(Nc4ccccc4N)c(C)c3n(C)c2=O)c1. The molecule has 4 rings (SSSR count). The predicted molar refractivity (Wildman–Crippen MR) is 124 cm³/mol. The molecule has 0 bridgehead atoms. The Morgan fingerprint density at radius 2 is 1.71 bits per heavy atom. The van der Waals surface area contributed by atoms with Crippen LogP contribution in [0.2, 0.25) is 0 Å². The summed E-state index contributed by atoms with van der Waals surface area (Å²) in [6.07, 6.45) is 1.75. The highest BCUT2D eigenvalue weighted by Gasteiger charge is 2.15. The number of para-hydroxylation sites is 2. The van der Waals surface area contributed by atoms with Crippen molar-refractivity contribution in [3.63, 3.8) is 0 Å². The maximum absolute atomic E-state index is 13.3. The first-order valence-corrected chi connectivity index (χ1v) is 9.77. The number of rotatable bonds is 5. The Hall–Kier alpha value is -4.00. The number of ether oxygens (including phenoxy) is 2. The Bertz CT molecular complexity index is 1320. The molecule has 2 aromatic carbocycles. The van der Waals surface area contributed by atoms with E-state index in [2.05, 4.69) is 10.3 Å². The third-order valence-corrected chi connectivity index (χ3v) is 5.36. The minimum absolute atomic E-state index is 0.123. The Balaban J connectivity index is 1.87. The van der Waals surface area contributed by atoms with Crippen LogP contribution >= 0.6 is 0 Å². The first kappa shape index (κ1) is 20.3. The predicted octanol–water partition coefficient (Wildman–Crippen LogP) is 4.25. The maximum atomic E-state index is 13.3. The van der Waals surface area contributed by atoms with Crippen molar-refractivity contribution in [2.75, 3.05) is 25.3 Å². The third-order valence-electron chi connectivity index (χ3n) is 5.36. The number of anilines is 3. The van der Waals surface area contributed by atoms with Crippen molar-refractivity contribution in [3.8, 4) is 22.6 Å². The van der Waals surface area contributed by atoms with Gasteiger partial charge in [-0.15, -0.1) is 0 Å². The largest absolute Gasteiger partial charge is 0.497 e. The number of pyridine rings is 2. The Kier molecular flexibility index (Phi) is 5.25. The first-order chi connectivity index (χ1) is 14.9. The molecule has 3 N–H and O–H groups in total. The highest BCUT2D eigenvalue weighted by Crippen LogP contribution is 2.32. The van der Waals surface area contributed by atoms with Gasteiger partial charge in [-0.25, -0.2) is 4.98 Å². The zero-order valence-electron chi connectivity index (χ0n) is 17.9. The molecule has 2 aromatic heterocycles. The summed E-state index contributed by atoms with van der Waals surface area (Å²) < 4.78 is 12.4. The average Bonchev–Trinajstić information content (AvgIpc) is 2.78. The van der Waals surface area contributed by atoms with E-state index in [9.17, 15) is 4.79 Å². The molecule has 2 heterocycles. The van der Waals surface area contributed by atoms with Crippen LogP contribution in [0.15, 0.2) is 59.5 Å². The monoisotopic (exact) mass is 416 g/mol. The number of nitrogens with two attached hydrogens (primary N) is 1. The Labute approximate surface area is 180 Å². The molecule has 0 radical (unpaired) electrons. The van der Waals surface area contributed by atoms with Crippen molar-refractivity contribution < 1.29 is 9.47 Å². The molecule has 158 valence electrons. The summed E-state index contributed by atoms with van der Waals surface area (Å²) in [5.74, 6) is 1.88. The van der Waals surface area contributed by atoms with Crippen molar-refractivity contribution in [2.24, 2.45) is 7.05 Å². The van der Waals surface area contributed by atoms with Crippen LogP contribution in [-0.4, -0.2) is 23.8 Å². The Morgan fingerprint density at radius 1 is 1.03 bits per heavy atom. The number of fused-ring (bicyclic) bond motifs is 1. The van der Waals surface area contributed by atoms with E-state index in [1.165, 1.54) is 0 Å². The number of hydrogen-bond acceptors (Lipinski definition) is 6. The fourth-order valence-electron chi connectivity index (χ4n) is 3.71. The number of methoxy groups -OCH3 is 2. The van der Waals surface area contributed by atoms with Crippen molar-refractivity contribution in [2.45, 2.75) is 6.92 Å². The van der Waals surface area contributed by atoms with Gasteiger partial charge in [0, 0.05) is 35.8 Å². The summed E-state index contributed by atoms with van der Waals surface area (Å²) in [6.45, 7) is 1.94. The number of nitrogen functional groups attached to an aromatic ring is 1. The maximum Gasteiger partial charge on any atom is 0.258 e. The first-order valence-electron chi connectivity index (χ1n) is 9.77. The number of aryl methyl sites for hydroxylation is 2. The molecule has 0 aliphatic carbocycles. The van der Waals surface area contributed by atoms with Gasteiger partial charge >= 0.3 is 0 Å². The summed E-state index contributed by atoms with van der Waals surface area (Å²) in [5.41, 5.74) is 10.2. The van der Waals surface area contributed by atoms with Gasteiger partial charge in [0.25, 0.3) is 5.56 Å². The van der Waals surface area contributed by atoms with Crippen molar-refractivity contribution >= 4 is 28.1 Å². The second-order valence-corrected chi connectivity index (χ2v) is 7.27. The zero-order chi connectivity index (χ0) is 22.1. The van der Waals surface area contributed by atoms with E-state index in [0.717, 1.165) is 27.7 Å². The molecule has 0 aliphatic heterocycles. The van der Waals surface area contributed by atoms with Crippen molar-refractivity contribution in [1.29, 1.82) is 0 Å². The zero-order valence-corrected chi connectivity index (χ0v) is 17.9. The molecule has 31 heavy (non-hydrogen) atoms. The van der Waals surface area contributed by atoms with Crippen LogP contribution in [0.4, 0.5) is 17.2 Å². The lowest BCUT2D eigenvalue weighted by atomic mass is 10.0. The van der Waals surface area contributed by atoms with Crippen LogP contribution in [-0.2, 0) is 7.05 Å². The summed E-state index contributed by atoms with van der Waals surface area (Å²) in [6, 6.07) is 14.8. The second-order valence-electron chi connectivity index (χ2n) is 7.27. The number of aromatic nitrogens is 2. The van der Waals surface area contributed by atoms with Crippen LogP contribution in [0, 0.1) is 6.92 Å². The quantitative estimate of drug-likeness (QED) is 0.473. The van der Waals surface area contributed by atoms with E-state index in [1.54, 1.807) is 38.1 Å². The lowest BCUT2D eigenvalue weighted by Crippen LogP contribution is -2.20. The molecule has 0 amide bonds. The van der Waals surface area contributed by atoms with Crippen molar-refractivity contribution in [3.05, 3.63) is 70.6 Å². The molecular weight excluding hydrogens is 392 g/mol. The van der Waals surface area contributed by atoms with Gasteiger partial charge in [-0.05, 0) is 42.8 Å². The summed E-state index contributed by atoms with van der Waals surface area (Å²) in [5, 5.41) is 4.12. The van der Waals surface area contributed by atoms with Gasteiger partial charge in [-0.2, -0.15) is 0 Å². The highest BCUT2D eigenvalue weighted by atomic mass is 16.5. The van der Waals surface area contributed by atoms with Crippen LogP contribution in [0.3, 0.4) is 0 Å². The molecule has 0 saturated carbocycles. The lowest BCUT2D eigenvalue weighted by Gasteiger charge is -2.16. The van der Waals surface area contributed by atoms with Gasteiger partial charge in [0.2, 0.25) is 0 Å². The smallest absolute Gasteiger partial charge is 0.258 e. The van der Waals surface area contributed by atoms with Gasteiger partial charge in [-0.1, -0.05) is 12.1 Å². The van der Waals surface area contributed by atoms with E-state index in [1.807, 2.05) is 49.4 Å². The van der Waals surface area contributed by atoms with Gasteiger partial charge < -0.3 is 25.1 Å². The number of benzene rings is 2. The van der Waals surface area contributed by atoms with Crippen LogP contribution < -0.4 is 26.1 Å². The van der Waals surface area contributed by atoms with Crippen LogP contribution in [0.25, 0.3) is 22.0 Å². The minimum atomic E-state index is -0.123. The van der Waals surface area contributed by atoms with Gasteiger partial charge in [-0.3, -0.25) is 4.79 Å². The fraction of sp³-hybridized carbons (Fsp3) is 0.167. The Morgan fingerprint density at radius 3 is 2.35 bits per heavy atom. The van der Waals surface area contributed by atoms with E-state index in [-0.39, 0.29) is 5.56 Å².